The van der Waals surface area contributed by atoms with E-state index in [1.165, 1.54) is 11.1 Å². The number of hydrogen-bond acceptors (Lipinski definition) is 6. The smallest absolute Gasteiger partial charge is 0.325 e. The lowest BCUT2D eigenvalue weighted by molar-refractivity contribution is -0.147. The predicted octanol–water partition coefficient (Wildman–Crippen LogP) is 4.34. The van der Waals surface area contributed by atoms with Crippen LogP contribution in [0.1, 0.15) is 25.3 Å². The Morgan fingerprint density at radius 3 is 2.76 bits per heavy atom. The number of carbonyl (C=O) groups is 1. The summed E-state index contributed by atoms with van der Waals surface area (Å²) in [7, 11) is 0. The Balaban J connectivity index is 1.62. The highest BCUT2D eigenvalue weighted by atomic mass is 19.1. The first-order valence-corrected chi connectivity index (χ1v) is 10.8. The molecule has 0 spiro atoms. The Kier molecular flexibility index (Phi) is 5.24. The quantitative estimate of drug-likeness (QED) is 0.454. The van der Waals surface area contributed by atoms with Crippen LogP contribution in [0, 0.1) is 18.6 Å². The van der Waals surface area contributed by atoms with Gasteiger partial charge in [0.1, 0.15) is 17.0 Å². The second kappa shape index (κ2) is 8.14. The van der Waals surface area contributed by atoms with Gasteiger partial charge in [0.15, 0.2) is 17.5 Å². The molecule has 174 valence electrons. The van der Waals surface area contributed by atoms with Crippen molar-refractivity contribution in [3.05, 3.63) is 66.1 Å². The van der Waals surface area contributed by atoms with Gasteiger partial charge in [0.2, 0.25) is 0 Å². The summed E-state index contributed by atoms with van der Waals surface area (Å²) >= 11 is 0. The Bertz CT molecular complexity index is 1420. The number of para-hydroxylation sites is 1. The number of carboxylic acid groups (broad SMARTS) is 1. The largest absolute Gasteiger partial charge is 0.480 e. The third-order valence-corrected chi connectivity index (χ3v) is 6.31. The Hall–Kier alpha value is -3.92. The highest BCUT2D eigenvalue weighted by Crippen LogP contribution is 2.33. The summed E-state index contributed by atoms with van der Waals surface area (Å²) in [5, 5.41) is 11.6. The van der Waals surface area contributed by atoms with Crippen molar-refractivity contribution in [3.8, 4) is 17.1 Å². The molecule has 1 fully saturated rings. The minimum atomic E-state index is -1.19. The molecular weight excluding hydrogens is 442 g/mol. The Labute approximate surface area is 193 Å². The number of fused-ring (bicyclic) bond motifs is 1. The molecule has 0 bridgehead atoms. The summed E-state index contributed by atoms with van der Waals surface area (Å²) in [6.45, 7) is 3.96. The zero-order valence-electron chi connectivity index (χ0n) is 18.6. The highest BCUT2D eigenvalue weighted by Gasteiger charge is 2.44. The molecule has 34 heavy (non-hydrogen) atoms. The maximum atomic E-state index is 14.7. The van der Waals surface area contributed by atoms with E-state index < -0.39 is 23.1 Å². The van der Waals surface area contributed by atoms with Gasteiger partial charge in [-0.3, -0.25) is 10.2 Å². The van der Waals surface area contributed by atoms with E-state index in [0.717, 1.165) is 23.6 Å². The van der Waals surface area contributed by atoms with Crippen molar-refractivity contribution in [1.29, 1.82) is 0 Å². The van der Waals surface area contributed by atoms with Gasteiger partial charge in [0, 0.05) is 29.4 Å². The summed E-state index contributed by atoms with van der Waals surface area (Å²) in [4.78, 5) is 24.5. The number of benzene rings is 1. The van der Waals surface area contributed by atoms with Gasteiger partial charge < -0.3 is 9.67 Å². The minimum Gasteiger partial charge on any atom is -0.480 e. The molecule has 4 aromatic rings. The number of rotatable bonds is 5. The molecule has 1 atom stereocenters. The fourth-order valence-corrected chi connectivity index (χ4v) is 4.35. The molecule has 0 unspecified atom stereocenters. The predicted molar refractivity (Wildman–Crippen MR) is 122 cm³/mol. The second-order valence-electron chi connectivity index (χ2n) is 8.56. The minimum absolute atomic E-state index is 0.152. The molecule has 1 saturated heterocycles. The zero-order valence-corrected chi connectivity index (χ0v) is 18.6. The molecule has 0 aliphatic carbocycles. The van der Waals surface area contributed by atoms with Crippen LogP contribution in [-0.2, 0) is 4.79 Å². The number of carboxylic acids is 1. The summed E-state index contributed by atoms with van der Waals surface area (Å²) in [6.07, 6.45) is 4.96. The molecule has 4 heterocycles. The fourth-order valence-electron chi connectivity index (χ4n) is 4.35. The number of hydrogen-bond donors (Lipinski definition) is 2. The molecule has 0 radical (unpaired) electrons. The van der Waals surface area contributed by atoms with Crippen molar-refractivity contribution in [3.63, 3.8) is 0 Å². The molecular formula is C24H22F2N6O2. The first-order chi connectivity index (χ1) is 16.3. The van der Waals surface area contributed by atoms with E-state index in [1.54, 1.807) is 13.1 Å². The van der Waals surface area contributed by atoms with Gasteiger partial charge in [-0.25, -0.2) is 28.7 Å². The van der Waals surface area contributed by atoms with Crippen molar-refractivity contribution < 1.29 is 18.7 Å². The molecule has 1 aromatic carbocycles. The number of halogens is 2. The average Bonchev–Trinajstić information content (AvgIpc) is 3.37. The summed E-state index contributed by atoms with van der Waals surface area (Å²) in [5.74, 6) is -2.25. The topological polar surface area (TPSA) is 96.2 Å². The van der Waals surface area contributed by atoms with E-state index in [2.05, 4.69) is 20.4 Å². The molecule has 3 aromatic heterocycles. The highest BCUT2D eigenvalue weighted by molar-refractivity contribution is 5.93. The standard InChI is InChI=1S/C24H22F2N6O2/c1-14-6-3-4-7-19(14)31-13-17(16-10-15(25)11-28-22(16)31)20-27-12-18(26)21(29-20)30-32-9-5-8-24(32,2)23(33)34/h3-4,6-7,10-13H,5,8-9H2,1-2H3,(H,33,34)(H,27,29,30)/t24-/m0/s1. The van der Waals surface area contributed by atoms with Crippen molar-refractivity contribution in [1.82, 2.24) is 24.5 Å². The van der Waals surface area contributed by atoms with Gasteiger partial charge in [-0.15, -0.1) is 0 Å². The van der Waals surface area contributed by atoms with Gasteiger partial charge in [0.25, 0.3) is 0 Å². The van der Waals surface area contributed by atoms with Crippen LogP contribution < -0.4 is 5.43 Å². The normalized spacial score (nSPS) is 18.5. The van der Waals surface area contributed by atoms with E-state index in [4.69, 9.17) is 0 Å². The molecule has 8 nitrogen and oxygen atoms in total. The number of hydrazine groups is 1. The first-order valence-electron chi connectivity index (χ1n) is 10.8. The van der Waals surface area contributed by atoms with Crippen LogP contribution in [0.2, 0.25) is 0 Å². The van der Waals surface area contributed by atoms with E-state index in [-0.39, 0.29) is 11.6 Å². The van der Waals surface area contributed by atoms with Crippen LogP contribution in [0.4, 0.5) is 14.6 Å². The van der Waals surface area contributed by atoms with Gasteiger partial charge in [0.05, 0.1) is 12.4 Å². The lowest BCUT2D eigenvalue weighted by atomic mass is 10.0. The maximum Gasteiger partial charge on any atom is 0.325 e. The number of anilines is 1. The number of pyridine rings is 1. The van der Waals surface area contributed by atoms with Crippen LogP contribution in [0.3, 0.4) is 0 Å². The van der Waals surface area contributed by atoms with Gasteiger partial charge in [-0.1, -0.05) is 18.2 Å². The SMILES string of the molecule is Cc1ccccc1-n1cc(-c2ncc(F)c(NN3CCC[C@@]3(C)C(=O)O)n2)c2cc(F)cnc21. The number of aromatic nitrogens is 4. The molecule has 1 aliphatic heterocycles. The third-order valence-electron chi connectivity index (χ3n) is 6.31. The Morgan fingerprint density at radius 1 is 1.21 bits per heavy atom. The monoisotopic (exact) mass is 464 g/mol. The summed E-state index contributed by atoms with van der Waals surface area (Å²) in [6, 6.07) is 9.03. The molecule has 0 saturated carbocycles. The fraction of sp³-hybridized carbons (Fsp3) is 0.250. The molecule has 10 heteroatoms. The molecule has 2 N–H and O–H groups in total. The summed E-state index contributed by atoms with van der Waals surface area (Å²) in [5.41, 5.74) is 4.45. The lowest BCUT2D eigenvalue weighted by Gasteiger charge is -2.31. The second-order valence-corrected chi connectivity index (χ2v) is 8.56. The van der Waals surface area contributed by atoms with E-state index in [9.17, 15) is 18.7 Å². The molecule has 1 aliphatic rings. The van der Waals surface area contributed by atoms with Crippen molar-refractivity contribution >= 4 is 22.8 Å². The average molecular weight is 464 g/mol. The number of aryl methyl sites for hydroxylation is 1. The van der Waals surface area contributed by atoms with E-state index in [1.807, 2.05) is 35.8 Å². The van der Waals surface area contributed by atoms with E-state index >= 15 is 0 Å². The van der Waals surface area contributed by atoms with Gasteiger partial charge in [-0.05, 0) is 44.4 Å². The van der Waals surface area contributed by atoms with Crippen LogP contribution in [0.15, 0.2) is 48.9 Å². The van der Waals surface area contributed by atoms with Gasteiger partial charge in [-0.2, -0.15) is 0 Å². The molecule has 0 amide bonds. The van der Waals surface area contributed by atoms with Gasteiger partial charge >= 0.3 is 5.97 Å². The third kappa shape index (κ3) is 3.56. The molecule has 5 rings (SSSR count). The van der Waals surface area contributed by atoms with E-state index in [0.29, 0.717) is 36.0 Å². The number of nitrogens with one attached hydrogen (secondary N) is 1. The first kappa shape index (κ1) is 21.9. The van der Waals surface area contributed by atoms with Crippen LogP contribution in [0.5, 0.6) is 0 Å². The Morgan fingerprint density at radius 2 is 2.00 bits per heavy atom. The van der Waals surface area contributed by atoms with Crippen molar-refractivity contribution in [2.45, 2.75) is 32.2 Å². The van der Waals surface area contributed by atoms with Crippen LogP contribution in [-0.4, -0.2) is 47.7 Å². The number of nitrogens with zero attached hydrogens (tertiary/aromatic N) is 5. The van der Waals surface area contributed by atoms with Crippen molar-refractivity contribution in [2.24, 2.45) is 0 Å². The van der Waals surface area contributed by atoms with Crippen molar-refractivity contribution in [2.75, 3.05) is 12.0 Å². The lowest BCUT2D eigenvalue weighted by Crippen LogP contribution is -2.50. The van der Waals surface area contributed by atoms with Crippen LogP contribution in [0.25, 0.3) is 28.1 Å². The van der Waals surface area contributed by atoms with Crippen LogP contribution >= 0.6 is 0 Å². The summed E-state index contributed by atoms with van der Waals surface area (Å²) < 4.78 is 30.6. The number of aliphatic carboxylic acids is 1. The maximum absolute atomic E-state index is 14.7. The zero-order chi connectivity index (χ0) is 24.0.